The van der Waals surface area contributed by atoms with Gasteiger partial charge in [0.05, 0.1) is 16.9 Å². The van der Waals surface area contributed by atoms with E-state index in [2.05, 4.69) is 0 Å². The van der Waals surface area contributed by atoms with Gasteiger partial charge in [0.1, 0.15) is 31.3 Å². The van der Waals surface area contributed by atoms with Gasteiger partial charge in [-0.05, 0) is 58.5 Å². The van der Waals surface area contributed by atoms with Gasteiger partial charge in [0.15, 0.2) is 0 Å². The number of rotatable bonds is 15. The lowest BCUT2D eigenvalue weighted by atomic mass is 9.94. The van der Waals surface area contributed by atoms with E-state index in [-0.39, 0.29) is 13.0 Å². The first kappa shape index (κ1) is 38.4. The third-order valence-electron chi connectivity index (χ3n) is 8.41. The summed E-state index contributed by atoms with van der Waals surface area (Å²) >= 11 is 0. The van der Waals surface area contributed by atoms with Crippen LogP contribution < -0.4 is 9.47 Å². The van der Waals surface area contributed by atoms with E-state index in [1.54, 1.807) is 42.5 Å². The van der Waals surface area contributed by atoms with Crippen LogP contribution in [-0.2, 0) is 29.2 Å². The van der Waals surface area contributed by atoms with Gasteiger partial charge in [-0.1, -0.05) is 115 Å². The molecular weight excluding hydrogens is 690 g/mol. The van der Waals surface area contributed by atoms with Crippen molar-refractivity contribution in [3.05, 3.63) is 194 Å². The molecule has 276 valence electrons. The maximum absolute atomic E-state index is 13.2. The molecule has 5 aromatic rings. The van der Waals surface area contributed by atoms with Crippen LogP contribution in [0.2, 0.25) is 0 Å². The summed E-state index contributed by atoms with van der Waals surface area (Å²) in [6.45, 7) is 0.482. The molecule has 1 fully saturated rings. The molecule has 2 atom stereocenters. The normalized spacial score (nSPS) is 14.0. The van der Waals surface area contributed by atoms with E-state index in [0.29, 0.717) is 36.7 Å². The Morgan fingerprint density at radius 1 is 0.759 bits per heavy atom. The minimum atomic E-state index is -0.719. The lowest BCUT2D eigenvalue weighted by molar-refractivity contribution is -0.483. The molecule has 0 aromatic heterocycles. The molecule has 1 saturated heterocycles. The predicted octanol–water partition coefficient (Wildman–Crippen LogP) is 8.12. The van der Waals surface area contributed by atoms with E-state index >= 15 is 0 Å². The third kappa shape index (κ3) is 12.2. The molecule has 0 aliphatic carbocycles. The van der Waals surface area contributed by atoms with Gasteiger partial charge in [0, 0.05) is 17.4 Å². The molecular formula is C42H39N3O9. The van der Waals surface area contributed by atoms with Gasteiger partial charge in [0.25, 0.3) is 0 Å². The van der Waals surface area contributed by atoms with Crippen molar-refractivity contribution >= 4 is 18.1 Å². The third-order valence-corrected chi connectivity index (χ3v) is 8.41. The molecule has 0 spiro atoms. The average molecular weight is 730 g/mol. The van der Waals surface area contributed by atoms with Crippen LogP contribution in [0.4, 0.5) is 4.79 Å². The summed E-state index contributed by atoms with van der Waals surface area (Å²) in [5, 5.41) is 21.7. The predicted molar refractivity (Wildman–Crippen MR) is 202 cm³/mol. The molecule has 0 bridgehead atoms. The van der Waals surface area contributed by atoms with Crippen LogP contribution >= 0.6 is 0 Å². The van der Waals surface area contributed by atoms with Crippen molar-refractivity contribution < 1.29 is 33.6 Å². The first-order chi connectivity index (χ1) is 26.2. The van der Waals surface area contributed by atoms with Crippen LogP contribution in [0.25, 0.3) is 6.08 Å². The average Bonchev–Trinajstić information content (AvgIpc) is 3.56. The van der Waals surface area contributed by atoms with Gasteiger partial charge in [-0.2, -0.15) is 0 Å². The number of carbonyl (C=O) groups excluding carboxylic acids is 2. The molecule has 12 nitrogen and oxygen atoms in total. The van der Waals surface area contributed by atoms with E-state index < -0.39 is 40.4 Å². The fourth-order valence-corrected chi connectivity index (χ4v) is 5.77. The zero-order valence-corrected chi connectivity index (χ0v) is 29.3. The van der Waals surface area contributed by atoms with E-state index in [4.69, 9.17) is 14.2 Å². The first-order valence-corrected chi connectivity index (χ1v) is 17.2. The molecule has 2 amide bonds. The van der Waals surface area contributed by atoms with Crippen molar-refractivity contribution in [3.63, 3.8) is 0 Å². The van der Waals surface area contributed by atoms with Crippen LogP contribution in [0.15, 0.2) is 146 Å². The molecule has 0 saturated carbocycles. The highest BCUT2D eigenvalue weighted by Crippen LogP contribution is 2.28. The van der Waals surface area contributed by atoms with Crippen molar-refractivity contribution in [1.29, 1.82) is 0 Å². The largest absolute Gasteiger partial charge is 0.489 e. The van der Waals surface area contributed by atoms with Crippen molar-refractivity contribution in [2.75, 3.05) is 13.2 Å². The minimum absolute atomic E-state index is 0.0994. The molecule has 54 heavy (non-hydrogen) atoms. The summed E-state index contributed by atoms with van der Waals surface area (Å²) < 4.78 is 16.6. The number of carbonyl (C=O) groups is 2. The maximum atomic E-state index is 13.2. The van der Waals surface area contributed by atoms with Crippen molar-refractivity contribution in [1.82, 2.24) is 4.90 Å². The highest BCUT2D eigenvalue weighted by Gasteiger charge is 2.39. The molecule has 5 aromatic carbocycles. The molecule has 1 aliphatic heterocycles. The molecule has 1 heterocycles. The smallest absolute Gasteiger partial charge is 0.416 e. The molecule has 0 radical (unpaired) electrons. The summed E-state index contributed by atoms with van der Waals surface area (Å²) in [6.07, 6.45) is 1.91. The van der Waals surface area contributed by atoms with Crippen LogP contribution in [0.1, 0.15) is 40.2 Å². The van der Waals surface area contributed by atoms with Crippen LogP contribution in [0.3, 0.4) is 0 Å². The van der Waals surface area contributed by atoms with Gasteiger partial charge in [0.2, 0.25) is 18.7 Å². The monoisotopic (exact) mass is 729 g/mol. The second-order valence-electron chi connectivity index (χ2n) is 12.4. The fraction of sp³-hybridized carbons (Fsp3) is 0.190. The zero-order chi connectivity index (χ0) is 38.1. The van der Waals surface area contributed by atoms with Crippen LogP contribution in [0.5, 0.6) is 11.5 Å². The van der Waals surface area contributed by atoms with E-state index in [9.17, 15) is 29.8 Å². The number of nitro groups is 2. The van der Waals surface area contributed by atoms with E-state index in [0.717, 1.165) is 33.4 Å². The standard InChI is InChI=1S/C27H26N2O6.C15H13NO3/c30-26(29-24(19-35-27(29)31)14-20-8-3-1-4-9-20)16-23(17-28(32)33)22-12-7-13-25(15-22)34-18-21-10-5-2-6-11-21;17-16(18)10-9-13-7-4-8-15(11-13)19-12-14-5-2-1-3-6-14/h1-13,15,23-24H,14,16-19H2;1-11H,12H2/b;10-9+/t23-,24+;/m0./s1. The molecule has 12 heteroatoms. The van der Waals surface area contributed by atoms with E-state index in [1.165, 1.54) is 6.08 Å². The van der Waals surface area contributed by atoms with Crippen LogP contribution in [-0.4, -0.2) is 45.9 Å². The van der Waals surface area contributed by atoms with Gasteiger partial charge in [-0.15, -0.1) is 0 Å². The number of hydrogen-bond donors (Lipinski definition) is 0. The summed E-state index contributed by atoms with van der Waals surface area (Å²) in [5.41, 5.74) is 4.38. The Hall–Kier alpha value is -6.82. The number of cyclic esters (lactones) is 1. The Kier molecular flexibility index (Phi) is 14.0. The topological polar surface area (TPSA) is 151 Å². The van der Waals surface area contributed by atoms with Gasteiger partial charge < -0.3 is 14.2 Å². The number of amides is 2. The summed E-state index contributed by atoms with van der Waals surface area (Å²) in [6, 6.07) is 42.7. The van der Waals surface area contributed by atoms with Crippen molar-refractivity contribution in [2.24, 2.45) is 0 Å². The Bertz CT molecular complexity index is 2030. The van der Waals surface area contributed by atoms with Crippen LogP contribution in [0, 0.1) is 20.2 Å². The summed E-state index contributed by atoms with van der Waals surface area (Å²) in [7, 11) is 0. The SMILES string of the molecule is O=C(C[C@@H](C[N+](=O)[O-])c1cccc(OCc2ccccc2)c1)N1C(=O)OC[C@H]1Cc1ccccc1.O=[N+]([O-])/C=C/c1cccc(OCc2ccccc2)c1. The van der Waals surface area contributed by atoms with Gasteiger partial charge >= 0.3 is 6.09 Å². The highest BCUT2D eigenvalue weighted by atomic mass is 16.6. The Labute approximate surface area is 312 Å². The fourth-order valence-electron chi connectivity index (χ4n) is 5.77. The quantitative estimate of drug-likeness (QED) is 0.0768. The van der Waals surface area contributed by atoms with Gasteiger partial charge in [-0.3, -0.25) is 25.0 Å². The van der Waals surface area contributed by atoms with Crippen molar-refractivity contribution in [2.45, 2.75) is 38.0 Å². The number of imide groups is 1. The Morgan fingerprint density at radius 3 is 1.89 bits per heavy atom. The lowest BCUT2D eigenvalue weighted by Crippen LogP contribution is -2.41. The molecule has 6 rings (SSSR count). The number of hydrogen-bond acceptors (Lipinski definition) is 9. The zero-order valence-electron chi connectivity index (χ0n) is 29.3. The lowest BCUT2D eigenvalue weighted by Gasteiger charge is -2.22. The number of ether oxygens (including phenoxy) is 3. The second-order valence-corrected chi connectivity index (χ2v) is 12.4. The van der Waals surface area contributed by atoms with Crippen molar-refractivity contribution in [3.8, 4) is 11.5 Å². The Morgan fingerprint density at radius 2 is 1.31 bits per heavy atom. The number of benzene rings is 5. The highest BCUT2D eigenvalue weighted by molar-refractivity contribution is 5.94. The molecule has 0 unspecified atom stereocenters. The minimum Gasteiger partial charge on any atom is -0.489 e. The molecule has 1 aliphatic rings. The summed E-state index contributed by atoms with van der Waals surface area (Å²) in [4.78, 5) is 47.4. The Balaban J connectivity index is 0.000000249. The summed E-state index contributed by atoms with van der Waals surface area (Å²) in [5.74, 6) is 0.0310. The second kappa shape index (κ2) is 19.7. The van der Waals surface area contributed by atoms with Gasteiger partial charge in [-0.25, -0.2) is 9.69 Å². The number of nitrogens with zero attached hydrogens (tertiary/aromatic N) is 3. The maximum Gasteiger partial charge on any atom is 0.416 e. The van der Waals surface area contributed by atoms with E-state index in [1.807, 2.05) is 97.1 Å². The molecule has 0 N–H and O–H groups in total. The first-order valence-electron chi connectivity index (χ1n) is 17.2.